The third kappa shape index (κ3) is 5.92. The molecule has 0 heterocycles. The normalized spacial score (nSPS) is 10.8. The number of anilines is 2. The number of carbonyl (C=O) groups is 2. The molecule has 3 N–H and O–H groups in total. The van der Waals surface area contributed by atoms with Crippen LogP contribution in [0, 0.1) is 0 Å². The zero-order valence-corrected chi connectivity index (χ0v) is 16.9. The van der Waals surface area contributed by atoms with Gasteiger partial charge in [0, 0.05) is 23.5 Å². The third-order valence-electron chi connectivity index (χ3n) is 4.20. The molecular formula is C22H21N3O4S. The number of nitrogens with one attached hydrogen (secondary N) is 3. The second-order valence-corrected chi connectivity index (χ2v) is 8.52. The maximum absolute atomic E-state index is 12.2. The van der Waals surface area contributed by atoms with Gasteiger partial charge in [0.25, 0.3) is 5.91 Å². The van der Waals surface area contributed by atoms with Crippen molar-refractivity contribution in [3.8, 4) is 0 Å². The Labute approximate surface area is 175 Å². The lowest BCUT2D eigenvalue weighted by Gasteiger charge is -2.09. The van der Waals surface area contributed by atoms with Crippen LogP contribution in [-0.4, -0.2) is 32.7 Å². The lowest BCUT2D eigenvalue weighted by atomic mass is 10.2. The van der Waals surface area contributed by atoms with Crippen molar-refractivity contribution in [3.05, 3.63) is 90.5 Å². The van der Waals surface area contributed by atoms with E-state index in [0.717, 1.165) is 0 Å². The van der Waals surface area contributed by atoms with Gasteiger partial charge < -0.3 is 16.0 Å². The molecule has 0 saturated heterocycles. The van der Waals surface area contributed by atoms with Crippen LogP contribution in [0.1, 0.15) is 10.4 Å². The zero-order chi connectivity index (χ0) is 21.4. The molecule has 30 heavy (non-hydrogen) atoms. The first-order valence-corrected chi connectivity index (χ1v) is 10.9. The minimum absolute atomic E-state index is 0.0272. The molecule has 3 rings (SSSR count). The quantitative estimate of drug-likeness (QED) is 0.541. The first-order valence-electron chi connectivity index (χ1n) is 9.23. The van der Waals surface area contributed by atoms with Crippen LogP contribution in [0.15, 0.2) is 89.8 Å². The van der Waals surface area contributed by atoms with Crippen LogP contribution in [-0.2, 0) is 9.84 Å². The van der Waals surface area contributed by atoms with E-state index in [4.69, 9.17) is 0 Å². The number of para-hydroxylation sites is 1. The molecule has 0 unspecified atom stereocenters. The van der Waals surface area contributed by atoms with E-state index in [1.165, 1.54) is 12.1 Å². The Balaban J connectivity index is 1.48. The van der Waals surface area contributed by atoms with Gasteiger partial charge >= 0.3 is 6.03 Å². The highest BCUT2D eigenvalue weighted by atomic mass is 32.2. The van der Waals surface area contributed by atoms with Gasteiger partial charge in [-0.15, -0.1) is 0 Å². The van der Waals surface area contributed by atoms with Crippen LogP contribution in [0.5, 0.6) is 0 Å². The largest absolute Gasteiger partial charge is 0.337 e. The molecule has 154 valence electrons. The zero-order valence-electron chi connectivity index (χ0n) is 16.0. The van der Waals surface area contributed by atoms with Gasteiger partial charge in [0.05, 0.1) is 10.6 Å². The van der Waals surface area contributed by atoms with Gasteiger partial charge in [-0.05, 0) is 48.5 Å². The fourth-order valence-corrected chi connectivity index (χ4v) is 3.83. The van der Waals surface area contributed by atoms with E-state index >= 15 is 0 Å². The average molecular weight is 423 g/mol. The second-order valence-electron chi connectivity index (χ2n) is 6.41. The summed E-state index contributed by atoms with van der Waals surface area (Å²) >= 11 is 0. The van der Waals surface area contributed by atoms with Crippen molar-refractivity contribution in [3.63, 3.8) is 0 Å². The summed E-state index contributed by atoms with van der Waals surface area (Å²) in [5.74, 6) is -0.466. The molecule has 0 bridgehead atoms. The monoisotopic (exact) mass is 423 g/mol. The number of hydrogen-bond donors (Lipinski definition) is 3. The predicted octanol–water partition coefficient (Wildman–Crippen LogP) is 3.53. The summed E-state index contributed by atoms with van der Waals surface area (Å²) < 4.78 is 24.4. The van der Waals surface area contributed by atoms with Gasteiger partial charge in [0.1, 0.15) is 0 Å². The number of benzene rings is 3. The van der Waals surface area contributed by atoms with Crippen molar-refractivity contribution in [1.82, 2.24) is 5.32 Å². The number of sulfone groups is 1. The Hall–Kier alpha value is -3.65. The van der Waals surface area contributed by atoms with Gasteiger partial charge in [-0.25, -0.2) is 13.2 Å². The maximum Gasteiger partial charge on any atom is 0.319 e. The predicted molar refractivity (Wildman–Crippen MR) is 116 cm³/mol. The van der Waals surface area contributed by atoms with Crippen molar-refractivity contribution >= 4 is 33.2 Å². The topological polar surface area (TPSA) is 104 Å². The lowest BCUT2D eigenvalue weighted by molar-refractivity contribution is 0.102. The van der Waals surface area contributed by atoms with Crippen molar-refractivity contribution in [2.24, 2.45) is 0 Å². The standard InChI is InChI=1S/C22H21N3O4S/c26-21(24-18-7-3-1-4-8-18)17-11-13-19(14-12-17)25-22(27)23-15-16-30(28,29)20-9-5-2-6-10-20/h1-14H,15-16H2,(H,24,26)(H2,23,25,27). The molecular weight excluding hydrogens is 402 g/mol. The molecule has 8 heteroatoms. The van der Waals surface area contributed by atoms with Crippen LogP contribution in [0.4, 0.5) is 16.2 Å². The summed E-state index contributed by atoms with van der Waals surface area (Å²) in [7, 11) is -3.46. The molecule has 0 atom stereocenters. The highest BCUT2D eigenvalue weighted by Crippen LogP contribution is 2.13. The Bertz CT molecular complexity index is 1100. The minimum Gasteiger partial charge on any atom is -0.337 e. The first kappa shape index (κ1) is 21.1. The number of urea groups is 1. The number of amides is 3. The summed E-state index contributed by atoms with van der Waals surface area (Å²) in [5, 5.41) is 7.90. The third-order valence-corrected chi connectivity index (χ3v) is 5.93. The van der Waals surface area contributed by atoms with E-state index in [1.54, 1.807) is 54.6 Å². The fourth-order valence-electron chi connectivity index (χ4n) is 2.65. The molecule has 0 aliphatic heterocycles. The molecule has 7 nitrogen and oxygen atoms in total. The Morgan fingerprint density at radius 3 is 1.90 bits per heavy atom. The number of hydrogen-bond acceptors (Lipinski definition) is 4. The number of carbonyl (C=O) groups excluding carboxylic acids is 2. The van der Waals surface area contributed by atoms with Crippen molar-refractivity contribution in [2.45, 2.75) is 4.90 Å². The molecule has 0 radical (unpaired) electrons. The summed E-state index contributed by atoms with van der Waals surface area (Å²) in [6, 6.07) is 23.0. The van der Waals surface area contributed by atoms with Gasteiger partial charge in [0.2, 0.25) is 0 Å². The summed E-state index contributed by atoms with van der Waals surface area (Å²) in [4.78, 5) is 24.4. The molecule has 0 saturated carbocycles. The van der Waals surface area contributed by atoms with E-state index in [1.807, 2.05) is 18.2 Å². The molecule has 3 aromatic rings. The average Bonchev–Trinajstić information content (AvgIpc) is 2.75. The van der Waals surface area contributed by atoms with E-state index in [-0.39, 0.29) is 23.1 Å². The van der Waals surface area contributed by atoms with Crippen LogP contribution < -0.4 is 16.0 Å². The molecule has 0 aliphatic carbocycles. The highest BCUT2D eigenvalue weighted by molar-refractivity contribution is 7.91. The fraction of sp³-hybridized carbons (Fsp3) is 0.0909. The summed E-state index contributed by atoms with van der Waals surface area (Å²) in [6.45, 7) is -0.0272. The molecule has 3 amide bonds. The van der Waals surface area contributed by atoms with Crippen LogP contribution in [0.25, 0.3) is 0 Å². The minimum atomic E-state index is -3.46. The van der Waals surface area contributed by atoms with Crippen molar-refractivity contribution in [2.75, 3.05) is 22.9 Å². The molecule has 0 fully saturated rings. The van der Waals surface area contributed by atoms with Gasteiger partial charge in [0.15, 0.2) is 9.84 Å². The summed E-state index contributed by atoms with van der Waals surface area (Å²) in [6.07, 6.45) is 0. The van der Waals surface area contributed by atoms with E-state index in [9.17, 15) is 18.0 Å². The SMILES string of the molecule is O=C(NCCS(=O)(=O)c1ccccc1)Nc1ccc(C(=O)Nc2ccccc2)cc1. The maximum atomic E-state index is 12.2. The molecule has 0 aliphatic rings. The Kier molecular flexibility index (Phi) is 6.82. The van der Waals surface area contributed by atoms with Gasteiger partial charge in [-0.1, -0.05) is 36.4 Å². The molecule has 0 aromatic heterocycles. The van der Waals surface area contributed by atoms with Gasteiger partial charge in [-0.2, -0.15) is 0 Å². The van der Waals surface area contributed by atoms with Gasteiger partial charge in [-0.3, -0.25) is 4.79 Å². The second kappa shape index (κ2) is 9.71. The highest BCUT2D eigenvalue weighted by Gasteiger charge is 2.14. The van der Waals surface area contributed by atoms with Crippen LogP contribution in [0.3, 0.4) is 0 Å². The molecule has 0 spiro atoms. The molecule has 3 aromatic carbocycles. The van der Waals surface area contributed by atoms with E-state index in [2.05, 4.69) is 16.0 Å². The van der Waals surface area contributed by atoms with Crippen molar-refractivity contribution in [1.29, 1.82) is 0 Å². The first-order chi connectivity index (χ1) is 14.4. The Morgan fingerprint density at radius 1 is 0.700 bits per heavy atom. The van der Waals surface area contributed by atoms with E-state index in [0.29, 0.717) is 16.9 Å². The van der Waals surface area contributed by atoms with Crippen LogP contribution >= 0.6 is 0 Å². The lowest BCUT2D eigenvalue weighted by Crippen LogP contribution is -2.32. The van der Waals surface area contributed by atoms with Crippen LogP contribution in [0.2, 0.25) is 0 Å². The number of rotatable bonds is 7. The smallest absolute Gasteiger partial charge is 0.319 e. The van der Waals surface area contributed by atoms with Crippen molar-refractivity contribution < 1.29 is 18.0 Å². The summed E-state index contributed by atoms with van der Waals surface area (Å²) in [5.41, 5.74) is 1.61. The Morgan fingerprint density at radius 2 is 1.27 bits per heavy atom. The van der Waals surface area contributed by atoms with E-state index < -0.39 is 15.9 Å².